The van der Waals surface area contributed by atoms with E-state index in [-0.39, 0.29) is 11.9 Å². The highest BCUT2D eigenvalue weighted by Gasteiger charge is 2.06. The van der Waals surface area contributed by atoms with Crippen LogP contribution < -0.4 is 5.32 Å². The van der Waals surface area contributed by atoms with E-state index in [0.717, 1.165) is 28.5 Å². The lowest BCUT2D eigenvalue weighted by molar-refractivity contribution is -0.121. The quantitative estimate of drug-likeness (QED) is 0.763. The Kier molecular flexibility index (Phi) is 7.21. The maximum absolute atomic E-state index is 11.6. The molecule has 1 amide bonds. The van der Waals surface area contributed by atoms with Gasteiger partial charge in [0.1, 0.15) is 0 Å². The molecule has 0 radical (unpaired) electrons. The van der Waals surface area contributed by atoms with Crippen LogP contribution in [0.25, 0.3) is 0 Å². The number of hydrogen-bond acceptors (Lipinski definition) is 2. The Labute approximate surface area is 118 Å². The fourth-order valence-electron chi connectivity index (χ4n) is 1.64. The second-order valence-corrected chi connectivity index (χ2v) is 5.91. The molecule has 0 aliphatic carbocycles. The third-order valence-electron chi connectivity index (χ3n) is 2.54. The van der Waals surface area contributed by atoms with Crippen molar-refractivity contribution in [2.75, 3.05) is 5.75 Å². The smallest absolute Gasteiger partial charge is 0.221 e. The van der Waals surface area contributed by atoms with Crippen LogP contribution in [0.15, 0.2) is 29.2 Å². The summed E-state index contributed by atoms with van der Waals surface area (Å²) in [7, 11) is 0. The Morgan fingerprint density at radius 2 is 2.06 bits per heavy atom. The van der Waals surface area contributed by atoms with Crippen molar-refractivity contribution in [1.29, 1.82) is 0 Å². The van der Waals surface area contributed by atoms with Crippen LogP contribution in [0.2, 0.25) is 5.02 Å². The average molecular weight is 286 g/mol. The first-order chi connectivity index (χ1) is 8.61. The maximum Gasteiger partial charge on any atom is 0.221 e. The first-order valence-corrected chi connectivity index (χ1v) is 7.66. The SMILES string of the molecule is CCC[C@H](C)NC(=O)CCSc1ccc(Cl)cc1. The van der Waals surface area contributed by atoms with Crippen molar-refractivity contribution in [1.82, 2.24) is 5.32 Å². The highest BCUT2D eigenvalue weighted by molar-refractivity contribution is 7.99. The van der Waals surface area contributed by atoms with E-state index in [4.69, 9.17) is 11.6 Å². The molecule has 0 unspecified atom stereocenters. The van der Waals surface area contributed by atoms with Gasteiger partial charge in [0, 0.05) is 28.1 Å². The van der Waals surface area contributed by atoms with E-state index in [0.29, 0.717) is 6.42 Å². The van der Waals surface area contributed by atoms with Crippen LogP contribution in [-0.2, 0) is 4.79 Å². The zero-order chi connectivity index (χ0) is 13.4. The van der Waals surface area contributed by atoms with Gasteiger partial charge in [-0.2, -0.15) is 0 Å². The summed E-state index contributed by atoms with van der Waals surface area (Å²) in [4.78, 5) is 12.8. The number of carbonyl (C=O) groups is 1. The molecule has 0 aliphatic heterocycles. The number of benzene rings is 1. The fourth-order valence-corrected chi connectivity index (χ4v) is 2.62. The first-order valence-electron chi connectivity index (χ1n) is 6.29. The summed E-state index contributed by atoms with van der Waals surface area (Å²) >= 11 is 7.49. The summed E-state index contributed by atoms with van der Waals surface area (Å²) in [6.07, 6.45) is 2.69. The number of carbonyl (C=O) groups excluding carboxylic acids is 1. The molecular formula is C14H20ClNOS. The standard InChI is InChI=1S/C14H20ClNOS/c1-3-4-11(2)16-14(17)9-10-18-13-7-5-12(15)6-8-13/h5-8,11H,3-4,9-10H2,1-2H3,(H,16,17)/t11-/m0/s1. The number of amides is 1. The molecule has 0 aromatic heterocycles. The number of rotatable bonds is 7. The Bertz CT molecular complexity index is 367. The molecule has 1 N–H and O–H groups in total. The van der Waals surface area contributed by atoms with Gasteiger partial charge in [-0.15, -0.1) is 11.8 Å². The van der Waals surface area contributed by atoms with E-state index < -0.39 is 0 Å². The predicted molar refractivity (Wildman–Crippen MR) is 79.3 cm³/mol. The van der Waals surface area contributed by atoms with E-state index in [9.17, 15) is 4.79 Å². The van der Waals surface area contributed by atoms with Crippen molar-refractivity contribution in [2.45, 2.75) is 44.0 Å². The fraction of sp³-hybridized carbons (Fsp3) is 0.500. The summed E-state index contributed by atoms with van der Waals surface area (Å²) in [5.41, 5.74) is 0. The van der Waals surface area contributed by atoms with Gasteiger partial charge in [0.05, 0.1) is 0 Å². The molecule has 1 rings (SSSR count). The normalized spacial score (nSPS) is 12.2. The number of nitrogens with one attached hydrogen (secondary N) is 1. The molecule has 1 aromatic rings. The molecule has 18 heavy (non-hydrogen) atoms. The first kappa shape index (κ1) is 15.4. The lowest BCUT2D eigenvalue weighted by atomic mass is 10.2. The molecule has 0 saturated carbocycles. The minimum atomic E-state index is 0.136. The highest BCUT2D eigenvalue weighted by Crippen LogP contribution is 2.20. The van der Waals surface area contributed by atoms with Crippen LogP contribution in [0.4, 0.5) is 0 Å². The van der Waals surface area contributed by atoms with Crippen molar-refractivity contribution >= 4 is 29.3 Å². The molecule has 0 bridgehead atoms. The zero-order valence-corrected chi connectivity index (χ0v) is 12.5. The predicted octanol–water partition coefficient (Wildman–Crippen LogP) is 4.13. The summed E-state index contributed by atoms with van der Waals surface area (Å²) < 4.78 is 0. The Morgan fingerprint density at radius 3 is 2.67 bits per heavy atom. The molecule has 100 valence electrons. The van der Waals surface area contributed by atoms with E-state index >= 15 is 0 Å². The van der Waals surface area contributed by atoms with Crippen molar-refractivity contribution in [2.24, 2.45) is 0 Å². The van der Waals surface area contributed by atoms with Crippen LogP contribution in [-0.4, -0.2) is 17.7 Å². The van der Waals surface area contributed by atoms with Crippen LogP contribution in [0.3, 0.4) is 0 Å². The molecule has 1 atom stereocenters. The van der Waals surface area contributed by atoms with Gasteiger partial charge in [-0.05, 0) is 37.6 Å². The molecule has 1 aromatic carbocycles. The second kappa shape index (κ2) is 8.44. The average Bonchev–Trinajstić information content (AvgIpc) is 2.32. The van der Waals surface area contributed by atoms with Crippen LogP contribution in [0.1, 0.15) is 33.1 Å². The molecule has 0 spiro atoms. The Hall–Kier alpha value is -0.670. The van der Waals surface area contributed by atoms with E-state index in [1.165, 1.54) is 0 Å². The third kappa shape index (κ3) is 6.31. The number of hydrogen-bond donors (Lipinski definition) is 1. The molecule has 4 heteroatoms. The van der Waals surface area contributed by atoms with Crippen LogP contribution >= 0.6 is 23.4 Å². The van der Waals surface area contributed by atoms with Crippen LogP contribution in [0.5, 0.6) is 0 Å². The number of thioether (sulfide) groups is 1. The van der Waals surface area contributed by atoms with Gasteiger partial charge in [0.25, 0.3) is 0 Å². The molecule has 0 fully saturated rings. The van der Waals surface area contributed by atoms with Gasteiger partial charge >= 0.3 is 0 Å². The molecule has 0 heterocycles. The van der Waals surface area contributed by atoms with Gasteiger partial charge in [-0.3, -0.25) is 4.79 Å². The minimum Gasteiger partial charge on any atom is -0.354 e. The molecule has 2 nitrogen and oxygen atoms in total. The van der Waals surface area contributed by atoms with E-state index in [1.54, 1.807) is 11.8 Å². The van der Waals surface area contributed by atoms with E-state index in [1.807, 2.05) is 31.2 Å². The van der Waals surface area contributed by atoms with Gasteiger partial charge < -0.3 is 5.32 Å². The van der Waals surface area contributed by atoms with Crippen molar-refractivity contribution in [3.8, 4) is 0 Å². The largest absolute Gasteiger partial charge is 0.354 e. The summed E-state index contributed by atoms with van der Waals surface area (Å²) in [6, 6.07) is 7.97. The summed E-state index contributed by atoms with van der Waals surface area (Å²) in [5, 5.41) is 3.74. The van der Waals surface area contributed by atoms with Gasteiger partial charge in [0.15, 0.2) is 0 Å². The van der Waals surface area contributed by atoms with Gasteiger partial charge in [-0.25, -0.2) is 0 Å². The minimum absolute atomic E-state index is 0.136. The zero-order valence-electron chi connectivity index (χ0n) is 10.9. The third-order valence-corrected chi connectivity index (χ3v) is 3.81. The summed E-state index contributed by atoms with van der Waals surface area (Å²) in [6.45, 7) is 4.17. The van der Waals surface area contributed by atoms with E-state index in [2.05, 4.69) is 12.2 Å². The van der Waals surface area contributed by atoms with Crippen molar-refractivity contribution < 1.29 is 4.79 Å². The Morgan fingerprint density at radius 1 is 1.39 bits per heavy atom. The Balaban J connectivity index is 2.21. The topological polar surface area (TPSA) is 29.1 Å². The van der Waals surface area contributed by atoms with Gasteiger partial charge in [0.2, 0.25) is 5.91 Å². The summed E-state index contributed by atoms with van der Waals surface area (Å²) in [5.74, 6) is 0.934. The number of halogens is 1. The lowest BCUT2D eigenvalue weighted by Gasteiger charge is -2.12. The van der Waals surface area contributed by atoms with Crippen molar-refractivity contribution in [3.63, 3.8) is 0 Å². The molecule has 0 saturated heterocycles. The lowest BCUT2D eigenvalue weighted by Crippen LogP contribution is -2.32. The van der Waals surface area contributed by atoms with Gasteiger partial charge in [-0.1, -0.05) is 24.9 Å². The molecule has 0 aliphatic rings. The molecular weight excluding hydrogens is 266 g/mol. The van der Waals surface area contributed by atoms with Crippen LogP contribution in [0, 0.1) is 0 Å². The maximum atomic E-state index is 11.6. The second-order valence-electron chi connectivity index (χ2n) is 4.31. The monoisotopic (exact) mass is 285 g/mol. The highest BCUT2D eigenvalue weighted by atomic mass is 35.5. The van der Waals surface area contributed by atoms with Crippen molar-refractivity contribution in [3.05, 3.63) is 29.3 Å².